The molecular formula is C18H21ClLiO4P. The molecule has 0 spiro atoms. The van der Waals surface area contributed by atoms with E-state index in [1.807, 2.05) is 31.2 Å². The number of halogens is 1. The van der Waals surface area contributed by atoms with Gasteiger partial charge >= 0.3 is 18.9 Å². The van der Waals surface area contributed by atoms with Crippen molar-refractivity contribution in [3.8, 4) is 11.5 Å². The topological polar surface area (TPSA) is 44.8 Å². The van der Waals surface area contributed by atoms with Gasteiger partial charge in [0, 0.05) is 6.61 Å². The van der Waals surface area contributed by atoms with Crippen molar-refractivity contribution in [2.45, 2.75) is 6.92 Å². The molecule has 0 amide bonds. The quantitative estimate of drug-likeness (QED) is 0.373. The first-order chi connectivity index (χ1) is 11.7. The number of carbonyl (C=O) groups excluding carboxylic acids is 1. The van der Waals surface area contributed by atoms with Crippen molar-refractivity contribution in [1.29, 1.82) is 0 Å². The van der Waals surface area contributed by atoms with E-state index in [1.54, 1.807) is 18.2 Å². The normalized spacial score (nSPS) is 10.5. The molecule has 0 fully saturated rings. The van der Waals surface area contributed by atoms with Crippen LogP contribution in [0.15, 0.2) is 42.5 Å². The van der Waals surface area contributed by atoms with Crippen LogP contribution in [-0.4, -0.2) is 32.5 Å². The molecule has 0 aliphatic rings. The zero-order valence-corrected chi connectivity index (χ0v) is 16.4. The van der Waals surface area contributed by atoms with E-state index in [2.05, 4.69) is 0 Å². The van der Waals surface area contributed by atoms with E-state index < -0.39 is 0 Å². The second-order valence-electron chi connectivity index (χ2n) is 4.84. The fourth-order valence-electron chi connectivity index (χ4n) is 2.09. The Bertz CT molecular complexity index is 685. The first-order valence-corrected chi connectivity index (χ1v) is 8.98. The molecule has 0 saturated carbocycles. The molecule has 4 nitrogen and oxygen atoms in total. The zero-order valence-electron chi connectivity index (χ0n) is 15.7. The van der Waals surface area contributed by atoms with Crippen LogP contribution in [0.2, 0.25) is 5.02 Å². The molecule has 0 radical (unpaired) electrons. The van der Waals surface area contributed by atoms with Crippen molar-refractivity contribution in [3.63, 3.8) is 0 Å². The minimum Gasteiger partial charge on any atom is -1.00 e. The summed E-state index contributed by atoms with van der Waals surface area (Å²) in [6, 6.07) is 12.7. The van der Waals surface area contributed by atoms with Gasteiger partial charge in [-0.15, -0.1) is 0 Å². The molecule has 0 heterocycles. The zero-order chi connectivity index (χ0) is 17.4. The molecule has 1 unspecified atom stereocenters. The van der Waals surface area contributed by atoms with Crippen molar-refractivity contribution in [3.05, 3.63) is 53.1 Å². The largest absolute Gasteiger partial charge is 1.00 e. The monoisotopic (exact) mass is 374 g/mol. The standard InChI is InChI=1S/C18H20ClO4P.Li.H/c1-3-22-11-12-23-13-7-9-14(10-8-13)24-18(20)17-15(19)5-4-6-16(17)21-2;;/h4-10,24H,3,11-12H2,1-2H3;;/q;+1;-1. The molecule has 130 valence electrons. The molecule has 2 aromatic carbocycles. The van der Waals surface area contributed by atoms with Gasteiger partial charge in [-0.25, -0.2) is 0 Å². The Kier molecular flexibility index (Phi) is 10.2. The Morgan fingerprint density at radius 3 is 2.52 bits per heavy atom. The smallest absolute Gasteiger partial charge is 1.00 e. The van der Waals surface area contributed by atoms with Gasteiger partial charge in [0.25, 0.3) is 0 Å². The molecule has 2 aromatic rings. The maximum absolute atomic E-state index is 12.5. The van der Waals surface area contributed by atoms with Crippen molar-refractivity contribution >= 4 is 31.0 Å². The van der Waals surface area contributed by atoms with Gasteiger partial charge in [0.05, 0.1) is 24.3 Å². The third-order valence-electron chi connectivity index (χ3n) is 3.24. The number of methoxy groups -OCH3 is 1. The second kappa shape index (κ2) is 11.6. The summed E-state index contributed by atoms with van der Waals surface area (Å²) in [4.78, 5) is 12.5. The van der Waals surface area contributed by atoms with Crippen molar-refractivity contribution in [2.24, 2.45) is 0 Å². The maximum Gasteiger partial charge on any atom is 1.00 e. The Morgan fingerprint density at radius 2 is 1.88 bits per heavy atom. The molecule has 7 heteroatoms. The molecule has 0 aliphatic heterocycles. The maximum atomic E-state index is 12.5. The summed E-state index contributed by atoms with van der Waals surface area (Å²) in [6.45, 7) is 3.69. The summed E-state index contributed by atoms with van der Waals surface area (Å²) in [5.74, 6) is 1.25. The minimum atomic E-state index is -0.0533. The van der Waals surface area contributed by atoms with Crippen LogP contribution in [0.3, 0.4) is 0 Å². The third-order valence-corrected chi connectivity index (χ3v) is 4.65. The predicted molar refractivity (Wildman–Crippen MR) is 99.8 cm³/mol. The first kappa shape index (κ1) is 22.0. The summed E-state index contributed by atoms with van der Waals surface area (Å²) in [6.07, 6.45) is 0. The van der Waals surface area contributed by atoms with Gasteiger partial charge in [-0.05, 0) is 45.1 Å². The van der Waals surface area contributed by atoms with Crippen LogP contribution in [0.25, 0.3) is 0 Å². The van der Waals surface area contributed by atoms with Gasteiger partial charge < -0.3 is 15.6 Å². The van der Waals surface area contributed by atoms with Gasteiger partial charge in [0.2, 0.25) is 0 Å². The van der Waals surface area contributed by atoms with Crippen LogP contribution in [0.1, 0.15) is 18.7 Å². The van der Waals surface area contributed by atoms with Gasteiger partial charge in [-0.1, -0.05) is 29.8 Å². The SMILES string of the molecule is CCOCCOc1ccc(PC(=O)c2c(Cl)cccc2OC)cc1.[H-].[Li+]. The van der Waals surface area contributed by atoms with Gasteiger partial charge in [0.1, 0.15) is 18.1 Å². The van der Waals surface area contributed by atoms with E-state index in [9.17, 15) is 4.79 Å². The summed E-state index contributed by atoms with van der Waals surface area (Å²) >= 11 is 6.15. The minimum absolute atomic E-state index is 0. The number of ether oxygens (including phenoxy) is 3. The molecule has 0 saturated heterocycles. The molecule has 25 heavy (non-hydrogen) atoms. The summed E-state index contributed by atoms with van der Waals surface area (Å²) in [7, 11) is 1.49. The molecular weight excluding hydrogens is 354 g/mol. The fraction of sp³-hybridized carbons (Fsp3) is 0.278. The molecule has 0 N–H and O–H groups in total. The average molecular weight is 375 g/mol. The Balaban J connectivity index is 0.00000312. The van der Waals surface area contributed by atoms with Crippen molar-refractivity contribution in [2.75, 3.05) is 26.9 Å². The molecule has 2 rings (SSSR count). The van der Waals surface area contributed by atoms with Crippen LogP contribution in [0.5, 0.6) is 11.5 Å². The molecule has 1 atom stereocenters. The summed E-state index contributed by atoms with van der Waals surface area (Å²) < 4.78 is 16.0. The fourth-order valence-corrected chi connectivity index (χ4v) is 3.39. The van der Waals surface area contributed by atoms with E-state index in [1.165, 1.54) is 7.11 Å². The number of benzene rings is 2. The number of hydrogen-bond acceptors (Lipinski definition) is 4. The Hall–Kier alpha value is -1.01. The Labute approximate surface area is 168 Å². The van der Waals surface area contributed by atoms with E-state index in [0.717, 1.165) is 11.1 Å². The first-order valence-electron chi connectivity index (χ1n) is 7.60. The second-order valence-corrected chi connectivity index (χ2v) is 6.53. The van der Waals surface area contributed by atoms with Gasteiger partial charge in [-0.3, -0.25) is 4.79 Å². The molecule has 0 aromatic heterocycles. The third kappa shape index (κ3) is 6.66. The van der Waals surface area contributed by atoms with E-state index in [0.29, 0.717) is 36.2 Å². The van der Waals surface area contributed by atoms with Crippen LogP contribution < -0.4 is 33.6 Å². The summed E-state index contributed by atoms with van der Waals surface area (Å²) in [5, 5.41) is 1.32. The average Bonchev–Trinajstić information content (AvgIpc) is 2.59. The van der Waals surface area contributed by atoms with Gasteiger partial charge in [-0.2, -0.15) is 0 Å². The van der Waals surface area contributed by atoms with E-state index in [4.69, 9.17) is 25.8 Å². The van der Waals surface area contributed by atoms with E-state index >= 15 is 0 Å². The number of rotatable bonds is 9. The van der Waals surface area contributed by atoms with Crippen LogP contribution in [0.4, 0.5) is 0 Å². The number of carbonyl (C=O) groups is 1. The molecule has 0 bridgehead atoms. The molecule has 0 aliphatic carbocycles. The van der Waals surface area contributed by atoms with E-state index in [-0.39, 0.29) is 34.4 Å². The summed E-state index contributed by atoms with van der Waals surface area (Å²) in [5.41, 5.74) is 0.375. The van der Waals surface area contributed by atoms with Crippen LogP contribution in [0, 0.1) is 0 Å². The number of hydrogen-bond donors (Lipinski definition) is 0. The predicted octanol–water partition coefficient (Wildman–Crippen LogP) is 1.02. The van der Waals surface area contributed by atoms with Gasteiger partial charge in [0.15, 0.2) is 5.52 Å². The van der Waals surface area contributed by atoms with Crippen LogP contribution >= 0.6 is 20.2 Å². The Morgan fingerprint density at radius 1 is 1.16 bits per heavy atom. The van der Waals surface area contributed by atoms with Crippen molar-refractivity contribution in [1.82, 2.24) is 0 Å². The van der Waals surface area contributed by atoms with Crippen LogP contribution in [-0.2, 0) is 4.74 Å². The van der Waals surface area contributed by atoms with Crippen molar-refractivity contribution < 1.29 is 39.3 Å².